The Balaban J connectivity index is 2.21. The Morgan fingerprint density at radius 3 is 2.37 bits per heavy atom. The first kappa shape index (κ1) is 15.5. The number of carbonyl (C=O) groups is 2. The number of hydrogen-bond donors (Lipinski definition) is 2. The van der Waals surface area contributed by atoms with Crippen LogP contribution in [-0.4, -0.2) is 55.4 Å². The molecule has 1 aliphatic rings. The number of hydrogen-bond acceptors (Lipinski definition) is 4. The van der Waals surface area contributed by atoms with Gasteiger partial charge in [0.2, 0.25) is 5.91 Å². The van der Waals surface area contributed by atoms with Crippen LogP contribution in [0.3, 0.4) is 0 Å². The van der Waals surface area contributed by atoms with Crippen LogP contribution in [0.5, 0.6) is 0 Å². The summed E-state index contributed by atoms with van der Waals surface area (Å²) in [5, 5.41) is 2.36. The number of halogens is 3. The number of alkyl halides is 3. The topological polar surface area (TPSA) is 84.7 Å². The van der Waals surface area contributed by atoms with Gasteiger partial charge in [-0.2, -0.15) is 13.2 Å². The average Bonchev–Trinajstić information content (AvgIpc) is 2.28. The molecule has 1 rings (SSSR count). The summed E-state index contributed by atoms with van der Waals surface area (Å²) in [5.41, 5.74) is 5.04. The zero-order valence-corrected chi connectivity index (χ0v) is 10.2. The maximum Gasteiger partial charge on any atom is 0.422 e. The zero-order valence-electron chi connectivity index (χ0n) is 10.2. The van der Waals surface area contributed by atoms with E-state index in [2.05, 4.69) is 10.1 Å². The highest BCUT2D eigenvalue weighted by molar-refractivity contribution is 5.75. The lowest BCUT2D eigenvalue weighted by atomic mass is 10.1. The molecule has 0 spiro atoms. The van der Waals surface area contributed by atoms with Crippen molar-refractivity contribution < 1.29 is 27.5 Å². The maximum absolute atomic E-state index is 11.8. The van der Waals surface area contributed by atoms with Crippen molar-refractivity contribution >= 4 is 12.0 Å². The van der Waals surface area contributed by atoms with Crippen LogP contribution in [0.25, 0.3) is 0 Å². The fourth-order valence-electron chi connectivity index (χ4n) is 1.81. The number of primary amides is 1. The summed E-state index contributed by atoms with van der Waals surface area (Å²) in [6.45, 7) is -0.356. The first-order chi connectivity index (χ1) is 8.76. The summed E-state index contributed by atoms with van der Waals surface area (Å²) in [4.78, 5) is 23.6. The van der Waals surface area contributed by atoms with Gasteiger partial charge in [0.25, 0.3) is 0 Å². The Bertz CT molecular complexity index is 328. The molecule has 0 saturated carbocycles. The monoisotopic (exact) mass is 283 g/mol. The van der Waals surface area contributed by atoms with Crippen molar-refractivity contribution in [3.05, 3.63) is 0 Å². The van der Waals surface area contributed by atoms with Crippen molar-refractivity contribution in [2.75, 3.05) is 26.2 Å². The molecule has 2 amide bonds. The van der Waals surface area contributed by atoms with Crippen LogP contribution >= 0.6 is 0 Å². The minimum absolute atomic E-state index is 0.144. The smallest absolute Gasteiger partial charge is 0.422 e. The Kier molecular flexibility index (Phi) is 5.40. The van der Waals surface area contributed by atoms with Crippen LogP contribution in [-0.2, 0) is 9.53 Å². The Morgan fingerprint density at radius 2 is 1.89 bits per heavy atom. The SMILES string of the molecule is NC(=O)CN1CCC(NC(=O)OCC(F)(F)F)CC1. The van der Waals surface area contributed by atoms with Crippen molar-refractivity contribution in [2.24, 2.45) is 5.73 Å². The van der Waals surface area contributed by atoms with Gasteiger partial charge in [-0.25, -0.2) is 4.79 Å². The number of nitrogens with zero attached hydrogens (tertiary/aromatic N) is 1. The second kappa shape index (κ2) is 6.60. The van der Waals surface area contributed by atoms with Gasteiger partial charge in [-0.05, 0) is 12.8 Å². The minimum atomic E-state index is -4.53. The van der Waals surface area contributed by atoms with Crippen LogP contribution in [0, 0.1) is 0 Å². The molecular weight excluding hydrogens is 267 g/mol. The second-order valence-electron chi connectivity index (χ2n) is 4.35. The molecule has 0 bridgehead atoms. The molecule has 3 N–H and O–H groups in total. The molecule has 0 atom stereocenters. The lowest BCUT2D eigenvalue weighted by Gasteiger charge is -2.31. The van der Waals surface area contributed by atoms with Crippen LogP contribution in [0.2, 0.25) is 0 Å². The van der Waals surface area contributed by atoms with E-state index >= 15 is 0 Å². The van der Waals surface area contributed by atoms with Gasteiger partial charge in [-0.3, -0.25) is 9.69 Å². The van der Waals surface area contributed by atoms with Crippen molar-refractivity contribution in [2.45, 2.75) is 25.1 Å². The van der Waals surface area contributed by atoms with Gasteiger partial charge in [0, 0.05) is 19.1 Å². The largest absolute Gasteiger partial charge is 0.440 e. The Labute approximate surface area is 108 Å². The summed E-state index contributed by atoms with van der Waals surface area (Å²) in [6, 6.07) is -0.245. The number of rotatable bonds is 4. The first-order valence-corrected chi connectivity index (χ1v) is 5.77. The van der Waals surface area contributed by atoms with Gasteiger partial charge >= 0.3 is 12.3 Å². The van der Waals surface area contributed by atoms with E-state index < -0.39 is 24.8 Å². The zero-order chi connectivity index (χ0) is 14.5. The number of likely N-dealkylation sites (tertiary alicyclic amines) is 1. The van der Waals surface area contributed by atoms with Gasteiger partial charge in [-0.1, -0.05) is 0 Å². The molecule has 1 heterocycles. The van der Waals surface area contributed by atoms with Crippen LogP contribution < -0.4 is 11.1 Å². The summed E-state index contributed by atoms with van der Waals surface area (Å²) in [6.07, 6.45) is -4.53. The van der Waals surface area contributed by atoms with E-state index in [0.29, 0.717) is 25.9 Å². The van der Waals surface area contributed by atoms with E-state index in [4.69, 9.17) is 5.73 Å². The molecule has 9 heteroatoms. The molecule has 6 nitrogen and oxygen atoms in total. The third-order valence-corrected chi connectivity index (χ3v) is 2.66. The number of ether oxygens (including phenoxy) is 1. The molecule has 1 aliphatic heterocycles. The number of nitrogens with one attached hydrogen (secondary N) is 1. The van der Waals surface area contributed by atoms with Gasteiger partial charge in [-0.15, -0.1) is 0 Å². The number of piperidine rings is 1. The number of nitrogens with two attached hydrogens (primary N) is 1. The van der Waals surface area contributed by atoms with E-state index in [1.54, 1.807) is 0 Å². The molecule has 0 aromatic rings. The Hall–Kier alpha value is -1.51. The van der Waals surface area contributed by atoms with Crippen molar-refractivity contribution in [1.82, 2.24) is 10.2 Å². The van der Waals surface area contributed by atoms with Gasteiger partial charge in [0.15, 0.2) is 6.61 Å². The molecule has 0 aromatic carbocycles. The number of alkyl carbamates (subject to hydrolysis) is 1. The minimum Gasteiger partial charge on any atom is -0.440 e. The molecule has 0 aliphatic carbocycles. The van der Waals surface area contributed by atoms with Crippen molar-refractivity contribution in [3.63, 3.8) is 0 Å². The van der Waals surface area contributed by atoms with E-state index in [1.807, 2.05) is 4.90 Å². The standard InChI is InChI=1S/C10H16F3N3O3/c11-10(12,13)6-19-9(18)15-7-1-3-16(4-2-7)5-8(14)17/h7H,1-6H2,(H2,14,17)(H,15,18). The highest BCUT2D eigenvalue weighted by Gasteiger charge is 2.30. The van der Waals surface area contributed by atoms with Crippen LogP contribution in [0.15, 0.2) is 0 Å². The Morgan fingerprint density at radius 1 is 1.32 bits per heavy atom. The molecule has 110 valence electrons. The summed E-state index contributed by atoms with van der Waals surface area (Å²) < 4.78 is 39.5. The van der Waals surface area contributed by atoms with Crippen molar-refractivity contribution in [1.29, 1.82) is 0 Å². The predicted molar refractivity (Wildman–Crippen MR) is 59.2 cm³/mol. The fourth-order valence-corrected chi connectivity index (χ4v) is 1.81. The molecule has 1 fully saturated rings. The van der Waals surface area contributed by atoms with Crippen molar-refractivity contribution in [3.8, 4) is 0 Å². The highest BCUT2D eigenvalue weighted by atomic mass is 19.4. The number of amides is 2. The highest BCUT2D eigenvalue weighted by Crippen LogP contribution is 2.15. The molecule has 1 saturated heterocycles. The fraction of sp³-hybridized carbons (Fsp3) is 0.800. The van der Waals surface area contributed by atoms with Gasteiger partial charge in [0.1, 0.15) is 0 Å². The predicted octanol–water partition coefficient (Wildman–Crippen LogP) is 0.225. The second-order valence-corrected chi connectivity index (χ2v) is 4.35. The summed E-state index contributed by atoms with van der Waals surface area (Å²) in [7, 11) is 0. The third-order valence-electron chi connectivity index (χ3n) is 2.66. The normalized spacial score (nSPS) is 18.1. The molecular formula is C10H16F3N3O3. The number of carbonyl (C=O) groups excluding carboxylic acids is 2. The maximum atomic E-state index is 11.8. The average molecular weight is 283 g/mol. The molecule has 0 unspecified atom stereocenters. The lowest BCUT2D eigenvalue weighted by molar-refractivity contribution is -0.160. The van der Waals surface area contributed by atoms with E-state index in [9.17, 15) is 22.8 Å². The van der Waals surface area contributed by atoms with Gasteiger partial charge in [0.05, 0.1) is 6.54 Å². The first-order valence-electron chi connectivity index (χ1n) is 5.77. The molecule has 19 heavy (non-hydrogen) atoms. The van der Waals surface area contributed by atoms with Gasteiger partial charge < -0.3 is 15.8 Å². The summed E-state index contributed by atoms with van der Waals surface area (Å²) in [5.74, 6) is -0.434. The van der Waals surface area contributed by atoms with E-state index in [1.165, 1.54) is 0 Å². The third kappa shape index (κ3) is 6.85. The van der Waals surface area contributed by atoms with Crippen LogP contribution in [0.1, 0.15) is 12.8 Å². The van der Waals surface area contributed by atoms with E-state index in [0.717, 1.165) is 0 Å². The molecule has 0 radical (unpaired) electrons. The lowest BCUT2D eigenvalue weighted by Crippen LogP contribution is -2.47. The quantitative estimate of drug-likeness (QED) is 0.773. The molecule has 0 aromatic heterocycles. The van der Waals surface area contributed by atoms with E-state index in [-0.39, 0.29) is 12.6 Å². The summed E-state index contributed by atoms with van der Waals surface area (Å²) >= 11 is 0. The van der Waals surface area contributed by atoms with Crippen LogP contribution in [0.4, 0.5) is 18.0 Å².